The summed E-state index contributed by atoms with van der Waals surface area (Å²) in [6.45, 7) is 7.80. The maximum absolute atomic E-state index is 9.31. The standard InChI is InChI=1S/C9H15ClO.C2H6/c1-3-5-6-9(11)7-8(10)4-2;1-2/h3-5,9,11H,6-7H2,1-2H3;1-2H3/b5-3-,8-4+;. The van der Waals surface area contributed by atoms with Crippen molar-refractivity contribution in [3.05, 3.63) is 23.3 Å². The highest BCUT2D eigenvalue weighted by Crippen LogP contribution is 2.12. The van der Waals surface area contributed by atoms with Crippen molar-refractivity contribution in [1.82, 2.24) is 0 Å². The first-order valence-electron chi connectivity index (χ1n) is 4.80. The topological polar surface area (TPSA) is 20.2 Å². The van der Waals surface area contributed by atoms with Gasteiger partial charge in [-0.3, -0.25) is 0 Å². The summed E-state index contributed by atoms with van der Waals surface area (Å²) in [5.41, 5.74) is 0. The molecule has 0 heterocycles. The van der Waals surface area contributed by atoms with E-state index in [4.69, 9.17) is 11.6 Å². The number of hydrogen-bond donors (Lipinski definition) is 1. The Bertz CT molecular complexity index is 150. The first-order valence-corrected chi connectivity index (χ1v) is 5.18. The van der Waals surface area contributed by atoms with Crippen molar-refractivity contribution in [3.63, 3.8) is 0 Å². The van der Waals surface area contributed by atoms with Crippen molar-refractivity contribution >= 4 is 11.6 Å². The smallest absolute Gasteiger partial charge is 0.0623 e. The first kappa shape index (κ1) is 15.2. The summed E-state index contributed by atoms with van der Waals surface area (Å²) < 4.78 is 0. The molecular weight excluding hydrogens is 184 g/mol. The molecule has 0 aromatic rings. The minimum absolute atomic E-state index is 0.338. The van der Waals surface area contributed by atoms with E-state index in [0.29, 0.717) is 12.8 Å². The van der Waals surface area contributed by atoms with Gasteiger partial charge < -0.3 is 5.11 Å². The number of rotatable bonds is 4. The minimum atomic E-state index is -0.338. The third-order valence-electron chi connectivity index (χ3n) is 1.39. The summed E-state index contributed by atoms with van der Waals surface area (Å²) in [7, 11) is 0. The molecule has 0 rings (SSSR count). The summed E-state index contributed by atoms with van der Waals surface area (Å²) >= 11 is 5.72. The third kappa shape index (κ3) is 11.7. The summed E-state index contributed by atoms with van der Waals surface area (Å²) in [6.07, 6.45) is 6.57. The van der Waals surface area contributed by atoms with E-state index in [-0.39, 0.29) is 6.10 Å². The third-order valence-corrected chi connectivity index (χ3v) is 1.76. The van der Waals surface area contributed by atoms with Crippen molar-refractivity contribution in [2.75, 3.05) is 0 Å². The van der Waals surface area contributed by atoms with Crippen molar-refractivity contribution in [3.8, 4) is 0 Å². The summed E-state index contributed by atoms with van der Waals surface area (Å²) in [4.78, 5) is 0. The van der Waals surface area contributed by atoms with E-state index in [2.05, 4.69) is 0 Å². The van der Waals surface area contributed by atoms with E-state index < -0.39 is 0 Å². The van der Waals surface area contributed by atoms with E-state index >= 15 is 0 Å². The lowest BCUT2D eigenvalue weighted by atomic mass is 10.1. The largest absolute Gasteiger partial charge is 0.392 e. The van der Waals surface area contributed by atoms with Crippen LogP contribution in [0.5, 0.6) is 0 Å². The molecule has 1 nitrogen and oxygen atoms in total. The Balaban J connectivity index is 0. The zero-order valence-corrected chi connectivity index (χ0v) is 9.80. The van der Waals surface area contributed by atoms with Crippen LogP contribution in [0, 0.1) is 0 Å². The molecule has 0 amide bonds. The highest BCUT2D eigenvalue weighted by Gasteiger charge is 2.02. The van der Waals surface area contributed by atoms with Gasteiger partial charge in [-0.25, -0.2) is 0 Å². The van der Waals surface area contributed by atoms with Gasteiger partial charge in [-0.15, -0.1) is 0 Å². The second-order valence-electron chi connectivity index (χ2n) is 2.40. The molecule has 0 aromatic heterocycles. The fourth-order valence-corrected chi connectivity index (χ4v) is 0.898. The average molecular weight is 205 g/mol. The Morgan fingerprint density at radius 3 is 2.31 bits per heavy atom. The fraction of sp³-hybridized carbons (Fsp3) is 0.636. The summed E-state index contributed by atoms with van der Waals surface area (Å²) in [6, 6.07) is 0. The zero-order chi connectivity index (χ0) is 10.7. The van der Waals surface area contributed by atoms with E-state index in [0.717, 1.165) is 5.03 Å². The molecule has 1 unspecified atom stereocenters. The van der Waals surface area contributed by atoms with Gasteiger partial charge in [0.1, 0.15) is 0 Å². The molecule has 0 fully saturated rings. The van der Waals surface area contributed by atoms with Crippen LogP contribution in [-0.4, -0.2) is 11.2 Å². The predicted molar refractivity (Wildman–Crippen MR) is 61.0 cm³/mol. The molecule has 2 heteroatoms. The quantitative estimate of drug-likeness (QED) is 0.690. The van der Waals surface area contributed by atoms with Crippen LogP contribution in [0.4, 0.5) is 0 Å². The Morgan fingerprint density at radius 1 is 1.38 bits per heavy atom. The van der Waals surface area contributed by atoms with Crippen molar-refractivity contribution in [1.29, 1.82) is 0 Å². The van der Waals surface area contributed by atoms with E-state index in [9.17, 15) is 5.11 Å². The van der Waals surface area contributed by atoms with Crippen LogP contribution in [0.25, 0.3) is 0 Å². The molecule has 0 spiro atoms. The average Bonchev–Trinajstić information content (AvgIpc) is 2.17. The summed E-state index contributed by atoms with van der Waals surface area (Å²) in [5, 5.41) is 10.0. The van der Waals surface area contributed by atoms with Crippen LogP contribution in [-0.2, 0) is 0 Å². The Labute approximate surface area is 87.1 Å². The minimum Gasteiger partial charge on any atom is -0.392 e. The number of allylic oxidation sites excluding steroid dienone is 2. The van der Waals surface area contributed by atoms with Crippen LogP contribution in [0.15, 0.2) is 23.3 Å². The SMILES string of the molecule is C/C=C\CC(O)C/C(Cl)=C\C.CC. The second kappa shape index (κ2) is 11.7. The summed E-state index contributed by atoms with van der Waals surface area (Å²) in [5.74, 6) is 0. The maximum Gasteiger partial charge on any atom is 0.0623 e. The number of aliphatic hydroxyl groups is 1. The number of halogens is 1. The molecule has 0 saturated heterocycles. The van der Waals surface area contributed by atoms with Gasteiger partial charge in [0.05, 0.1) is 6.10 Å². The zero-order valence-electron chi connectivity index (χ0n) is 9.05. The van der Waals surface area contributed by atoms with Gasteiger partial charge in [0.2, 0.25) is 0 Å². The van der Waals surface area contributed by atoms with Gasteiger partial charge in [-0.2, -0.15) is 0 Å². The maximum atomic E-state index is 9.31. The Kier molecular flexibility index (Phi) is 13.7. The molecule has 0 aliphatic heterocycles. The molecule has 1 N–H and O–H groups in total. The number of aliphatic hydroxyl groups excluding tert-OH is 1. The highest BCUT2D eigenvalue weighted by atomic mass is 35.5. The number of hydrogen-bond acceptors (Lipinski definition) is 1. The molecule has 0 saturated carbocycles. The highest BCUT2D eigenvalue weighted by molar-refractivity contribution is 6.29. The van der Waals surface area contributed by atoms with Gasteiger partial charge >= 0.3 is 0 Å². The molecule has 0 aliphatic carbocycles. The second-order valence-corrected chi connectivity index (χ2v) is 2.88. The van der Waals surface area contributed by atoms with Crippen LogP contribution < -0.4 is 0 Å². The fourth-order valence-electron chi connectivity index (χ4n) is 0.719. The van der Waals surface area contributed by atoms with Gasteiger partial charge in [0, 0.05) is 11.5 Å². The van der Waals surface area contributed by atoms with Gasteiger partial charge in [0.25, 0.3) is 0 Å². The Hall–Kier alpha value is -0.270. The van der Waals surface area contributed by atoms with E-state index in [1.54, 1.807) is 6.08 Å². The molecule has 0 radical (unpaired) electrons. The monoisotopic (exact) mass is 204 g/mol. The first-order chi connectivity index (χ1) is 6.20. The molecule has 13 heavy (non-hydrogen) atoms. The lowest BCUT2D eigenvalue weighted by molar-refractivity contribution is 0.180. The van der Waals surface area contributed by atoms with Crippen LogP contribution in [0.3, 0.4) is 0 Å². The van der Waals surface area contributed by atoms with Gasteiger partial charge in [-0.1, -0.05) is 43.7 Å². The molecule has 1 atom stereocenters. The molecule has 0 bridgehead atoms. The van der Waals surface area contributed by atoms with E-state index in [1.807, 2.05) is 39.8 Å². The van der Waals surface area contributed by atoms with Crippen LogP contribution in [0.2, 0.25) is 0 Å². The van der Waals surface area contributed by atoms with E-state index in [1.165, 1.54) is 0 Å². The van der Waals surface area contributed by atoms with Crippen molar-refractivity contribution in [2.24, 2.45) is 0 Å². The lowest BCUT2D eigenvalue weighted by Gasteiger charge is -2.05. The molecule has 78 valence electrons. The van der Waals surface area contributed by atoms with Crippen molar-refractivity contribution in [2.45, 2.75) is 46.6 Å². The predicted octanol–water partition coefficient (Wildman–Crippen LogP) is 3.87. The molecule has 0 aromatic carbocycles. The van der Waals surface area contributed by atoms with Crippen LogP contribution >= 0.6 is 11.6 Å². The Morgan fingerprint density at radius 2 is 1.92 bits per heavy atom. The van der Waals surface area contributed by atoms with Crippen molar-refractivity contribution < 1.29 is 5.11 Å². The normalized spacial score (nSPS) is 13.8. The molecular formula is C11H21ClO. The van der Waals surface area contributed by atoms with Gasteiger partial charge in [-0.05, 0) is 20.3 Å². The molecule has 0 aliphatic rings. The van der Waals surface area contributed by atoms with Crippen LogP contribution in [0.1, 0.15) is 40.5 Å². The lowest BCUT2D eigenvalue weighted by Crippen LogP contribution is -2.03. The van der Waals surface area contributed by atoms with Gasteiger partial charge in [0.15, 0.2) is 0 Å².